The lowest BCUT2D eigenvalue weighted by Gasteiger charge is -2.18. The molecule has 0 radical (unpaired) electrons. The highest BCUT2D eigenvalue weighted by Crippen LogP contribution is 2.30. The van der Waals surface area contributed by atoms with Crippen molar-refractivity contribution in [3.05, 3.63) is 11.5 Å². The van der Waals surface area contributed by atoms with Crippen LogP contribution in [0.25, 0.3) is 11.2 Å². The van der Waals surface area contributed by atoms with Gasteiger partial charge in [-0.1, -0.05) is 0 Å². The van der Waals surface area contributed by atoms with Crippen molar-refractivity contribution in [2.75, 3.05) is 6.61 Å². The van der Waals surface area contributed by atoms with E-state index in [1.165, 1.54) is 0 Å². The van der Waals surface area contributed by atoms with Gasteiger partial charge in [0.2, 0.25) is 0 Å². The lowest BCUT2D eigenvalue weighted by molar-refractivity contribution is 0.102. The molecule has 0 N–H and O–H groups in total. The van der Waals surface area contributed by atoms with Crippen molar-refractivity contribution in [1.29, 1.82) is 0 Å². The van der Waals surface area contributed by atoms with Crippen molar-refractivity contribution in [2.45, 2.75) is 45.2 Å². The summed E-state index contributed by atoms with van der Waals surface area (Å²) in [6.45, 7) is 7.84. The van der Waals surface area contributed by atoms with Crippen LogP contribution >= 0.6 is 11.6 Å². The van der Waals surface area contributed by atoms with Gasteiger partial charge in [-0.05, 0) is 27.2 Å². The summed E-state index contributed by atoms with van der Waals surface area (Å²) < 4.78 is 9.80. The zero-order valence-electron chi connectivity index (χ0n) is 12.4. The zero-order chi connectivity index (χ0) is 14.4. The first-order valence-electron chi connectivity index (χ1n) is 7.14. The van der Waals surface area contributed by atoms with E-state index < -0.39 is 0 Å². The minimum Gasteiger partial charge on any atom is -0.378 e. The van der Waals surface area contributed by atoms with Gasteiger partial charge >= 0.3 is 0 Å². The Balaban J connectivity index is 2.08. The molecule has 3 atom stereocenters. The van der Waals surface area contributed by atoms with Crippen molar-refractivity contribution < 1.29 is 4.74 Å². The fourth-order valence-electron chi connectivity index (χ4n) is 3.09. The predicted octanol–water partition coefficient (Wildman–Crippen LogP) is 2.80. The minimum absolute atomic E-state index is 0.112. The number of rotatable bonds is 3. The average molecular weight is 297 g/mol. The Hall–Kier alpha value is -1.07. The number of hydrogen-bond acceptors (Lipinski definition) is 3. The Morgan fingerprint density at radius 2 is 2.25 bits per heavy atom. The number of hydrogen-bond donors (Lipinski definition) is 0. The summed E-state index contributed by atoms with van der Waals surface area (Å²) in [5.41, 5.74) is 2.97. The second-order valence-corrected chi connectivity index (χ2v) is 6.36. The minimum atomic E-state index is -0.112. The van der Waals surface area contributed by atoms with Crippen LogP contribution in [0.5, 0.6) is 0 Å². The highest BCUT2D eigenvalue weighted by molar-refractivity contribution is 6.20. The number of fused-ring (bicyclic) bond motifs is 1. The number of alkyl halides is 1. The zero-order valence-corrected chi connectivity index (χ0v) is 13.2. The van der Waals surface area contributed by atoms with Gasteiger partial charge in [0.1, 0.15) is 11.3 Å². The fraction of sp³-hybridized carbons (Fsp3) is 0.714. The number of ether oxygens (including phenoxy) is 1. The first-order valence-corrected chi connectivity index (χ1v) is 7.58. The van der Waals surface area contributed by atoms with E-state index in [9.17, 15) is 0 Å². The molecule has 1 fully saturated rings. The topological polar surface area (TPSA) is 44.9 Å². The third kappa shape index (κ3) is 2.13. The lowest BCUT2D eigenvalue weighted by atomic mass is 10.0. The summed E-state index contributed by atoms with van der Waals surface area (Å²) in [6, 6.07) is 0. The second kappa shape index (κ2) is 5.04. The van der Waals surface area contributed by atoms with E-state index in [4.69, 9.17) is 21.3 Å². The molecular formula is C14H21ClN4O. The van der Waals surface area contributed by atoms with Crippen LogP contribution in [0.2, 0.25) is 0 Å². The average Bonchev–Trinajstić information content (AvgIpc) is 3.01. The first-order chi connectivity index (χ1) is 9.49. The highest BCUT2D eigenvalue weighted by Gasteiger charge is 2.28. The monoisotopic (exact) mass is 296 g/mol. The summed E-state index contributed by atoms with van der Waals surface area (Å²) in [5.74, 6) is 1.44. The van der Waals surface area contributed by atoms with E-state index in [0.717, 1.165) is 42.3 Å². The summed E-state index contributed by atoms with van der Waals surface area (Å²) in [5, 5.41) is 4.35. The number of aryl methyl sites for hydroxylation is 2. The van der Waals surface area contributed by atoms with Gasteiger partial charge in [-0.25, -0.2) is 4.98 Å². The van der Waals surface area contributed by atoms with Crippen LogP contribution in [0.1, 0.15) is 37.2 Å². The number of nitrogens with zero attached hydrogens (tertiary/aromatic N) is 4. The molecule has 1 aliphatic rings. The van der Waals surface area contributed by atoms with Crippen molar-refractivity contribution in [3.63, 3.8) is 0 Å². The molecule has 1 saturated heterocycles. The predicted molar refractivity (Wildman–Crippen MR) is 79.0 cm³/mol. The third-order valence-electron chi connectivity index (χ3n) is 4.23. The summed E-state index contributed by atoms with van der Waals surface area (Å²) >= 11 is 6.32. The van der Waals surface area contributed by atoms with Crippen molar-refractivity contribution in [2.24, 2.45) is 13.0 Å². The first kappa shape index (κ1) is 13.9. The number of imidazole rings is 1. The largest absolute Gasteiger partial charge is 0.378 e. The molecule has 0 spiro atoms. The normalized spacial score (nSPS) is 24.6. The standard InChI is InChI=1S/C14H21ClN4O/c1-8(15)13-16-12-9(2)17-18(4)14(12)19(13)7-11-5-6-20-10(11)3/h8,10-11H,5-7H2,1-4H3. The molecule has 0 amide bonds. The Morgan fingerprint density at radius 1 is 1.50 bits per heavy atom. The molecular weight excluding hydrogens is 276 g/mol. The number of aromatic nitrogens is 4. The Bertz CT molecular complexity index is 631. The fourth-order valence-corrected chi connectivity index (χ4v) is 3.25. The highest BCUT2D eigenvalue weighted by atomic mass is 35.5. The van der Waals surface area contributed by atoms with Crippen LogP contribution in [0.3, 0.4) is 0 Å². The van der Waals surface area contributed by atoms with Crippen molar-refractivity contribution in [1.82, 2.24) is 19.3 Å². The quantitative estimate of drug-likeness (QED) is 0.818. The molecule has 2 aromatic heterocycles. The second-order valence-electron chi connectivity index (χ2n) is 5.70. The van der Waals surface area contributed by atoms with Crippen LogP contribution in [-0.2, 0) is 18.3 Å². The van der Waals surface area contributed by atoms with E-state index in [1.54, 1.807) is 0 Å². The molecule has 6 heteroatoms. The summed E-state index contributed by atoms with van der Waals surface area (Å²) in [4.78, 5) is 4.71. The molecule has 5 nitrogen and oxygen atoms in total. The Kier molecular flexibility index (Phi) is 3.50. The van der Waals surface area contributed by atoms with Gasteiger partial charge in [-0.3, -0.25) is 4.68 Å². The van der Waals surface area contributed by atoms with Crippen molar-refractivity contribution >= 4 is 22.8 Å². The molecule has 0 saturated carbocycles. The summed E-state index contributed by atoms with van der Waals surface area (Å²) in [7, 11) is 1.96. The van der Waals surface area contributed by atoms with Crippen LogP contribution in [-0.4, -0.2) is 32.0 Å². The molecule has 110 valence electrons. The van der Waals surface area contributed by atoms with E-state index >= 15 is 0 Å². The maximum Gasteiger partial charge on any atom is 0.158 e. The van der Waals surface area contributed by atoms with Crippen LogP contribution in [0.15, 0.2) is 0 Å². The van der Waals surface area contributed by atoms with Gasteiger partial charge < -0.3 is 9.30 Å². The van der Waals surface area contributed by atoms with E-state index in [1.807, 2.05) is 25.6 Å². The molecule has 0 aliphatic carbocycles. The molecule has 1 aliphatic heterocycles. The summed E-state index contributed by atoms with van der Waals surface area (Å²) in [6.07, 6.45) is 1.38. The van der Waals surface area contributed by atoms with E-state index in [2.05, 4.69) is 16.6 Å². The van der Waals surface area contributed by atoms with Gasteiger partial charge in [0, 0.05) is 26.1 Å². The number of halogens is 1. The maximum absolute atomic E-state index is 6.32. The molecule has 3 heterocycles. The van der Waals surface area contributed by atoms with Gasteiger partial charge in [0.15, 0.2) is 5.65 Å². The molecule has 0 bridgehead atoms. The van der Waals surface area contributed by atoms with Gasteiger partial charge in [0.25, 0.3) is 0 Å². The van der Waals surface area contributed by atoms with Crippen molar-refractivity contribution in [3.8, 4) is 0 Å². The molecule has 2 aromatic rings. The van der Waals surface area contributed by atoms with Crippen LogP contribution in [0, 0.1) is 12.8 Å². The lowest BCUT2D eigenvalue weighted by Crippen LogP contribution is -2.20. The Morgan fingerprint density at radius 3 is 2.85 bits per heavy atom. The molecule has 20 heavy (non-hydrogen) atoms. The molecule has 3 rings (SSSR count). The van der Waals surface area contributed by atoms with Gasteiger partial charge in [-0.15, -0.1) is 11.6 Å². The van der Waals surface area contributed by atoms with Gasteiger partial charge in [-0.2, -0.15) is 5.10 Å². The molecule has 3 unspecified atom stereocenters. The smallest absolute Gasteiger partial charge is 0.158 e. The third-order valence-corrected chi connectivity index (χ3v) is 4.42. The van der Waals surface area contributed by atoms with Crippen LogP contribution in [0.4, 0.5) is 0 Å². The SMILES string of the molecule is Cc1nn(C)c2c1nc(C(C)Cl)n2CC1CCOC1C. The van der Waals surface area contributed by atoms with E-state index in [0.29, 0.717) is 12.0 Å². The van der Waals surface area contributed by atoms with Gasteiger partial charge in [0.05, 0.1) is 17.2 Å². The maximum atomic E-state index is 6.32. The van der Waals surface area contributed by atoms with E-state index in [-0.39, 0.29) is 5.38 Å². The van der Waals surface area contributed by atoms with Crippen LogP contribution < -0.4 is 0 Å². The molecule has 0 aromatic carbocycles. The Labute approximate surface area is 123 Å².